The van der Waals surface area contributed by atoms with Gasteiger partial charge in [-0.1, -0.05) is 29.3 Å². The van der Waals surface area contributed by atoms with E-state index < -0.39 is 11.5 Å². The second kappa shape index (κ2) is 9.43. The predicted molar refractivity (Wildman–Crippen MR) is 122 cm³/mol. The molecule has 0 atom stereocenters. The summed E-state index contributed by atoms with van der Waals surface area (Å²) in [5, 5.41) is 10.3. The van der Waals surface area contributed by atoms with Crippen molar-refractivity contribution >= 4 is 40.8 Å². The van der Waals surface area contributed by atoms with E-state index in [1.807, 2.05) is 6.07 Å². The third kappa shape index (κ3) is 4.47. The van der Waals surface area contributed by atoms with Gasteiger partial charge in [0.05, 0.1) is 5.02 Å². The number of likely N-dealkylation sites (tertiary alicyclic amines) is 1. The number of rotatable bonds is 4. The maximum Gasteiger partial charge on any atom is 0.269 e. The van der Waals surface area contributed by atoms with Gasteiger partial charge < -0.3 is 9.64 Å². The Labute approximate surface area is 194 Å². The van der Waals surface area contributed by atoms with Crippen LogP contribution in [0.15, 0.2) is 53.0 Å². The minimum Gasteiger partial charge on any atom is -0.437 e. The Morgan fingerprint density at radius 2 is 1.94 bits per heavy atom. The molecular formula is C23H18Cl2N4O3. The second-order valence-electron chi connectivity index (χ2n) is 7.26. The molecule has 0 unspecified atom stereocenters. The Balaban J connectivity index is 1.84. The van der Waals surface area contributed by atoms with E-state index in [0.717, 1.165) is 19.3 Å². The maximum atomic E-state index is 13.2. The Hall–Kier alpha value is -3.34. The van der Waals surface area contributed by atoms with Gasteiger partial charge in [0.2, 0.25) is 5.88 Å². The molecule has 0 spiro atoms. The Kier molecular flexibility index (Phi) is 6.45. The number of benzene rings is 1. The SMILES string of the molecule is N#C/C(=C\c1c(Oc2ccc(Cl)cc2Cl)nc2ccccn2c1=O)C(=O)N1CCCCC1. The molecule has 0 saturated carbocycles. The second-order valence-corrected chi connectivity index (χ2v) is 8.11. The summed E-state index contributed by atoms with van der Waals surface area (Å²) in [6, 6.07) is 11.6. The molecule has 1 aromatic carbocycles. The standard InChI is InChI=1S/C23H18Cl2N4O3/c24-16-7-8-19(18(25)13-16)32-21-17(23(31)29-11-5-2-6-20(29)27-21)12-15(14-26)22(30)28-9-3-1-4-10-28/h2,5-8,11-13H,1,3-4,9-10H2/b15-12+. The summed E-state index contributed by atoms with van der Waals surface area (Å²) in [5.74, 6) is -0.247. The first kappa shape index (κ1) is 21.9. The molecule has 0 aliphatic carbocycles. The third-order valence-electron chi connectivity index (χ3n) is 5.12. The number of aromatic nitrogens is 2. The zero-order valence-corrected chi connectivity index (χ0v) is 18.4. The van der Waals surface area contributed by atoms with Gasteiger partial charge in [-0.05, 0) is 55.7 Å². The third-order valence-corrected chi connectivity index (χ3v) is 5.65. The first-order chi connectivity index (χ1) is 15.5. The van der Waals surface area contributed by atoms with Gasteiger partial charge in [0.1, 0.15) is 28.6 Å². The fourth-order valence-corrected chi connectivity index (χ4v) is 3.95. The molecule has 162 valence electrons. The summed E-state index contributed by atoms with van der Waals surface area (Å²) in [5.41, 5.74) is -0.319. The van der Waals surface area contributed by atoms with Gasteiger partial charge in [0.15, 0.2) is 0 Å². The van der Waals surface area contributed by atoms with E-state index in [1.165, 1.54) is 16.5 Å². The van der Waals surface area contributed by atoms with Crippen LogP contribution in [0.4, 0.5) is 0 Å². The summed E-state index contributed by atoms with van der Waals surface area (Å²) in [7, 11) is 0. The number of nitrogens with zero attached hydrogens (tertiary/aromatic N) is 4. The van der Waals surface area contributed by atoms with E-state index in [9.17, 15) is 14.9 Å². The molecule has 0 N–H and O–H groups in total. The van der Waals surface area contributed by atoms with Gasteiger partial charge in [0, 0.05) is 24.3 Å². The van der Waals surface area contributed by atoms with Gasteiger partial charge >= 0.3 is 0 Å². The van der Waals surface area contributed by atoms with Gasteiger partial charge in [-0.25, -0.2) is 0 Å². The molecule has 3 aromatic rings. The molecule has 32 heavy (non-hydrogen) atoms. The number of hydrogen-bond donors (Lipinski definition) is 0. The molecule has 1 saturated heterocycles. The highest BCUT2D eigenvalue weighted by atomic mass is 35.5. The van der Waals surface area contributed by atoms with Crippen molar-refractivity contribution in [3.05, 3.63) is 74.1 Å². The van der Waals surface area contributed by atoms with Gasteiger partial charge in [-0.15, -0.1) is 0 Å². The van der Waals surface area contributed by atoms with Crippen LogP contribution in [-0.4, -0.2) is 33.3 Å². The molecule has 3 heterocycles. The summed E-state index contributed by atoms with van der Waals surface area (Å²) >= 11 is 12.2. The van der Waals surface area contributed by atoms with Crippen molar-refractivity contribution in [1.82, 2.24) is 14.3 Å². The molecule has 0 radical (unpaired) electrons. The van der Waals surface area contributed by atoms with Crippen molar-refractivity contribution in [3.63, 3.8) is 0 Å². The lowest BCUT2D eigenvalue weighted by Crippen LogP contribution is -2.36. The number of nitriles is 1. The van der Waals surface area contributed by atoms with Gasteiger partial charge in [0.25, 0.3) is 11.5 Å². The fraction of sp³-hybridized carbons (Fsp3) is 0.217. The van der Waals surface area contributed by atoms with Crippen LogP contribution < -0.4 is 10.3 Å². The van der Waals surface area contributed by atoms with Crippen LogP contribution in [-0.2, 0) is 4.79 Å². The molecule has 1 amide bonds. The number of carbonyl (C=O) groups is 1. The lowest BCUT2D eigenvalue weighted by molar-refractivity contribution is -0.127. The number of ether oxygens (including phenoxy) is 1. The largest absolute Gasteiger partial charge is 0.437 e. The number of carbonyl (C=O) groups excluding carboxylic acids is 1. The molecule has 4 rings (SSSR count). The highest BCUT2D eigenvalue weighted by Crippen LogP contribution is 2.32. The molecule has 9 heteroatoms. The van der Waals surface area contributed by atoms with Crippen LogP contribution >= 0.6 is 23.2 Å². The maximum absolute atomic E-state index is 13.2. The Bertz CT molecular complexity index is 1320. The number of amides is 1. The van der Waals surface area contributed by atoms with E-state index in [-0.39, 0.29) is 27.8 Å². The molecular weight excluding hydrogens is 451 g/mol. The van der Waals surface area contributed by atoms with E-state index in [2.05, 4.69) is 4.98 Å². The van der Waals surface area contributed by atoms with Crippen LogP contribution in [0, 0.1) is 11.3 Å². The van der Waals surface area contributed by atoms with Gasteiger partial charge in [-0.2, -0.15) is 10.2 Å². The van der Waals surface area contributed by atoms with Crippen LogP contribution in [0.5, 0.6) is 11.6 Å². The minimum absolute atomic E-state index is 0.0263. The van der Waals surface area contributed by atoms with E-state index in [4.69, 9.17) is 27.9 Å². The van der Waals surface area contributed by atoms with Crippen LogP contribution in [0.1, 0.15) is 24.8 Å². The summed E-state index contributed by atoms with van der Waals surface area (Å²) in [4.78, 5) is 32.2. The zero-order chi connectivity index (χ0) is 22.7. The topological polar surface area (TPSA) is 87.7 Å². The predicted octanol–water partition coefficient (Wildman–Crippen LogP) is 4.71. The van der Waals surface area contributed by atoms with Crippen molar-refractivity contribution in [2.45, 2.75) is 19.3 Å². The summed E-state index contributed by atoms with van der Waals surface area (Å²) in [6.07, 6.45) is 5.61. The molecule has 1 aliphatic rings. The summed E-state index contributed by atoms with van der Waals surface area (Å²) < 4.78 is 7.18. The van der Waals surface area contributed by atoms with Crippen molar-refractivity contribution < 1.29 is 9.53 Å². The van der Waals surface area contributed by atoms with E-state index in [0.29, 0.717) is 23.8 Å². The first-order valence-corrected chi connectivity index (χ1v) is 10.8. The Morgan fingerprint density at radius 3 is 2.66 bits per heavy atom. The normalized spacial score (nSPS) is 14.3. The highest BCUT2D eigenvalue weighted by Gasteiger charge is 2.23. The van der Waals surface area contributed by atoms with Crippen molar-refractivity contribution in [3.8, 4) is 17.7 Å². The lowest BCUT2D eigenvalue weighted by atomic mass is 10.1. The van der Waals surface area contributed by atoms with E-state index in [1.54, 1.807) is 41.4 Å². The molecule has 7 nitrogen and oxygen atoms in total. The highest BCUT2D eigenvalue weighted by molar-refractivity contribution is 6.35. The van der Waals surface area contributed by atoms with Crippen molar-refractivity contribution in [2.24, 2.45) is 0 Å². The smallest absolute Gasteiger partial charge is 0.269 e. The molecule has 0 bridgehead atoms. The Morgan fingerprint density at radius 1 is 1.16 bits per heavy atom. The quantitative estimate of drug-likeness (QED) is 0.408. The number of piperidine rings is 1. The lowest BCUT2D eigenvalue weighted by Gasteiger charge is -2.26. The van der Waals surface area contributed by atoms with Crippen LogP contribution in [0.2, 0.25) is 10.0 Å². The average molecular weight is 469 g/mol. The van der Waals surface area contributed by atoms with Gasteiger partial charge in [-0.3, -0.25) is 14.0 Å². The van der Waals surface area contributed by atoms with Crippen LogP contribution in [0.25, 0.3) is 11.7 Å². The molecule has 1 fully saturated rings. The minimum atomic E-state index is -0.477. The summed E-state index contributed by atoms with van der Waals surface area (Å²) in [6.45, 7) is 1.16. The van der Waals surface area contributed by atoms with Crippen LogP contribution in [0.3, 0.4) is 0 Å². The van der Waals surface area contributed by atoms with Crippen molar-refractivity contribution in [1.29, 1.82) is 5.26 Å². The number of halogens is 2. The fourth-order valence-electron chi connectivity index (χ4n) is 3.50. The monoisotopic (exact) mass is 468 g/mol. The first-order valence-electron chi connectivity index (χ1n) is 10.0. The molecule has 2 aromatic heterocycles. The number of hydrogen-bond acceptors (Lipinski definition) is 5. The van der Waals surface area contributed by atoms with Crippen molar-refractivity contribution in [2.75, 3.05) is 13.1 Å². The van der Waals surface area contributed by atoms with E-state index >= 15 is 0 Å². The zero-order valence-electron chi connectivity index (χ0n) is 16.9. The molecule has 1 aliphatic heterocycles. The number of fused-ring (bicyclic) bond motifs is 1. The average Bonchev–Trinajstić information content (AvgIpc) is 2.81. The number of pyridine rings is 1.